The minimum atomic E-state index is -0.689. The van der Waals surface area contributed by atoms with E-state index in [1.54, 1.807) is 0 Å². The highest BCUT2D eigenvalue weighted by Gasteiger charge is 2.27. The fourth-order valence-electron chi connectivity index (χ4n) is 2.41. The largest absolute Gasteiger partial charge is 0.334 e. The molecule has 3 rings (SSSR count). The lowest BCUT2D eigenvalue weighted by atomic mass is 10.1. The van der Waals surface area contributed by atoms with E-state index < -0.39 is 16.4 Å². The molecule has 1 fully saturated rings. The average Bonchev–Trinajstić information content (AvgIpc) is 2.97. The van der Waals surface area contributed by atoms with Crippen LogP contribution in [-0.2, 0) is 0 Å². The van der Waals surface area contributed by atoms with Crippen LogP contribution in [0, 0.1) is 15.9 Å². The standard InChI is InChI=1S/C13H14FN5O3/c1-18-5-4-15-7-11(18)12-16-13(22-17-12)9-3-2-8(14)6-10(9)19(20)21/h2-3,6,11,15H,4-5,7H2,1H3. The van der Waals surface area contributed by atoms with Crippen LogP contribution in [0.1, 0.15) is 11.9 Å². The Balaban J connectivity index is 1.96. The van der Waals surface area contributed by atoms with Gasteiger partial charge in [-0.05, 0) is 19.2 Å². The number of halogens is 1. The highest BCUT2D eigenvalue weighted by Crippen LogP contribution is 2.30. The molecule has 0 saturated carbocycles. The smallest absolute Gasteiger partial charge is 0.285 e. The second kappa shape index (κ2) is 5.78. The van der Waals surface area contributed by atoms with Gasteiger partial charge in [-0.15, -0.1) is 0 Å². The molecule has 1 aliphatic rings. The molecule has 22 heavy (non-hydrogen) atoms. The number of benzene rings is 1. The SMILES string of the molecule is CN1CCNCC1c1noc(-c2ccc(F)cc2[N+](=O)[O-])n1. The fraction of sp³-hybridized carbons (Fsp3) is 0.385. The molecule has 1 saturated heterocycles. The Bertz CT molecular complexity index is 705. The van der Waals surface area contributed by atoms with Gasteiger partial charge in [0.15, 0.2) is 5.82 Å². The van der Waals surface area contributed by atoms with Crippen LogP contribution in [0.5, 0.6) is 0 Å². The van der Waals surface area contributed by atoms with E-state index in [9.17, 15) is 14.5 Å². The maximum Gasteiger partial charge on any atom is 0.285 e. The summed E-state index contributed by atoms with van der Waals surface area (Å²) in [7, 11) is 1.95. The molecule has 2 aromatic rings. The van der Waals surface area contributed by atoms with Gasteiger partial charge >= 0.3 is 0 Å². The van der Waals surface area contributed by atoms with E-state index in [0.29, 0.717) is 12.4 Å². The number of nitrogens with zero attached hydrogens (tertiary/aromatic N) is 4. The number of aromatic nitrogens is 2. The van der Waals surface area contributed by atoms with Gasteiger partial charge in [-0.1, -0.05) is 5.16 Å². The lowest BCUT2D eigenvalue weighted by molar-refractivity contribution is -0.384. The van der Waals surface area contributed by atoms with Crippen molar-refractivity contribution >= 4 is 5.69 Å². The third-order valence-electron chi connectivity index (χ3n) is 3.64. The third-order valence-corrected chi connectivity index (χ3v) is 3.64. The minimum Gasteiger partial charge on any atom is -0.334 e. The molecule has 0 bridgehead atoms. The molecule has 0 aliphatic carbocycles. The van der Waals surface area contributed by atoms with Crippen molar-refractivity contribution in [3.05, 3.63) is 40.0 Å². The molecule has 1 aliphatic heterocycles. The van der Waals surface area contributed by atoms with Crippen LogP contribution in [-0.4, -0.2) is 46.6 Å². The molecule has 1 aromatic heterocycles. The maximum atomic E-state index is 13.2. The Morgan fingerprint density at radius 2 is 2.36 bits per heavy atom. The molecule has 1 aromatic carbocycles. The molecule has 0 amide bonds. The Kier molecular flexibility index (Phi) is 3.82. The number of nitro benzene ring substituents is 1. The molecular weight excluding hydrogens is 293 g/mol. The van der Waals surface area contributed by atoms with Crippen molar-refractivity contribution in [1.82, 2.24) is 20.4 Å². The van der Waals surface area contributed by atoms with Gasteiger partial charge in [0, 0.05) is 19.6 Å². The van der Waals surface area contributed by atoms with Gasteiger partial charge in [-0.2, -0.15) is 4.98 Å². The molecule has 9 heteroatoms. The zero-order valence-electron chi connectivity index (χ0n) is 11.8. The van der Waals surface area contributed by atoms with Crippen molar-refractivity contribution < 1.29 is 13.8 Å². The van der Waals surface area contributed by atoms with Crippen LogP contribution in [0.3, 0.4) is 0 Å². The Morgan fingerprint density at radius 3 is 3.09 bits per heavy atom. The van der Waals surface area contributed by atoms with E-state index in [0.717, 1.165) is 25.2 Å². The predicted molar refractivity (Wildman–Crippen MR) is 74.6 cm³/mol. The van der Waals surface area contributed by atoms with Crippen molar-refractivity contribution in [2.75, 3.05) is 26.7 Å². The number of piperazine rings is 1. The average molecular weight is 307 g/mol. The quantitative estimate of drug-likeness (QED) is 0.675. The van der Waals surface area contributed by atoms with Crippen LogP contribution in [0.2, 0.25) is 0 Å². The van der Waals surface area contributed by atoms with Crippen molar-refractivity contribution in [1.29, 1.82) is 0 Å². The Morgan fingerprint density at radius 1 is 1.55 bits per heavy atom. The third kappa shape index (κ3) is 2.68. The van der Waals surface area contributed by atoms with Gasteiger partial charge in [0.2, 0.25) is 0 Å². The first-order valence-corrected chi connectivity index (χ1v) is 6.75. The summed E-state index contributed by atoms with van der Waals surface area (Å²) in [6.07, 6.45) is 0. The van der Waals surface area contributed by atoms with Gasteiger partial charge in [-0.3, -0.25) is 15.0 Å². The van der Waals surface area contributed by atoms with Crippen LogP contribution in [0.25, 0.3) is 11.5 Å². The topological polar surface area (TPSA) is 97.3 Å². The Labute approximate surface area is 125 Å². The molecule has 1 unspecified atom stereocenters. The number of hydrogen-bond acceptors (Lipinski definition) is 7. The molecule has 1 N–H and O–H groups in total. The van der Waals surface area contributed by atoms with Crippen LogP contribution < -0.4 is 5.32 Å². The summed E-state index contributed by atoms with van der Waals surface area (Å²) in [5.41, 5.74) is -0.290. The zero-order chi connectivity index (χ0) is 15.7. The number of hydrogen-bond donors (Lipinski definition) is 1. The lowest BCUT2D eigenvalue weighted by Gasteiger charge is -2.30. The van der Waals surface area contributed by atoms with Crippen molar-refractivity contribution in [3.63, 3.8) is 0 Å². The van der Waals surface area contributed by atoms with Crippen molar-refractivity contribution in [2.45, 2.75) is 6.04 Å². The molecule has 1 atom stereocenters. The van der Waals surface area contributed by atoms with E-state index in [2.05, 4.69) is 20.4 Å². The highest BCUT2D eigenvalue weighted by molar-refractivity contribution is 5.66. The molecule has 116 valence electrons. The van der Waals surface area contributed by atoms with Crippen molar-refractivity contribution in [3.8, 4) is 11.5 Å². The van der Waals surface area contributed by atoms with E-state index >= 15 is 0 Å². The van der Waals surface area contributed by atoms with E-state index in [-0.39, 0.29) is 17.5 Å². The normalized spacial score (nSPS) is 19.3. The van der Waals surface area contributed by atoms with Gasteiger partial charge in [0.25, 0.3) is 11.6 Å². The van der Waals surface area contributed by atoms with Gasteiger partial charge < -0.3 is 9.84 Å². The molecule has 0 spiro atoms. The van der Waals surface area contributed by atoms with E-state index in [4.69, 9.17) is 4.52 Å². The first kappa shape index (κ1) is 14.5. The number of nitrogens with one attached hydrogen (secondary N) is 1. The summed E-state index contributed by atoms with van der Waals surface area (Å²) in [6.45, 7) is 2.38. The summed E-state index contributed by atoms with van der Waals surface area (Å²) in [5.74, 6) is -0.226. The molecule has 2 heterocycles. The van der Waals surface area contributed by atoms with Crippen molar-refractivity contribution in [2.24, 2.45) is 0 Å². The first-order chi connectivity index (χ1) is 10.6. The minimum absolute atomic E-state index is 0.0145. The maximum absolute atomic E-state index is 13.2. The second-order valence-electron chi connectivity index (χ2n) is 5.08. The van der Waals surface area contributed by atoms with E-state index in [1.165, 1.54) is 6.07 Å². The molecular formula is C13H14FN5O3. The Hall–Kier alpha value is -2.39. The number of nitro groups is 1. The van der Waals surface area contributed by atoms with Crippen LogP contribution in [0.4, 0.5) is 10.1 Å². The summed E-state index contributed by atoms with van der Waals surface area (Å²) in [5, 5.41) is 18.2. The lowest BCUT2D eigenvalue weighted by Crippen LogP contribution is -2.44. The summed E-state index contributed by atoms with van der Waals surface area (Å²) >= 11 is 0. The van der Waals surface area contributed by atoms with Gasteiger partial charge in [0.1, 0.15) is 11.4 Å². The summed E-state index contributed by atoms with van der Waals surface area (Å²) < 4.78 is 18.3. The second-order valence-corrected chi connectivity index (χ2v) is 5.08. The van der Waals surface area contributed by atoms with E-state index in [1.807, 2.05) is 7.05 Å². The fourth-order valence-corrected chi connectivity index (χ4v) is 2.41. The van der Waals surface area contributed by atoms with Crippen LogP contribution in [0.15, 0.2) is 22.7 Å². The first-order valence-electron chi connectivity index (χ1n) is 6.75. The zero-order valence-corrected chi connectivity index (χ0v) is 11.8. The monoisotopic (exact) mass is 307 g/mol. The number of rotatable bonds is 3. The van der Waals surface area contributed by atoms with Crippen LogP contribution >= 0.6 is 0 Å². The van der Waals surface area contributed by atoms with Gasteiger partial charge in [0.05, 0.1) is 17.0 Å². The molecule has 0 radical (unpaired) electrons. The summed E-state index contributed by atoms with van der Waals surface area (Å²) in [4.78, 5) is 16.7. The van der Waals surface area contributed by atoms with Gasteiger partial charge in [-0.25, -0.2) is 4.39 Å². The highest BCUT2D eigenvalue weighted by atomic mass is 19.1. The molecule has 8 nitrogen and oxygen atoms in total. The number of likely N-dealkylation sites (N-methyl/N-ethyl adjacent to an activating group) is 1. The predicted octanol–water partition coefficient (Wildman–Crippen LogP) is 1.36. The summed E-state index contributed by atoms with van der Waals surface area (Å²) in [6, 6.07) is 3.17.